The van der Waals surface area contributed by atoms with Crippen LogP contribution in [0.2, 0.25) is 0 Å². The molecule has 0 saturated heterocycles. The Morgan fingerprint density at radius 2 is 2.11 bits per heavy atom. The lowest BCUT2D eigenvalue weighted by molar-refractivity contribution is -0.119. The van der Waals surface area contributed by atoms with Crippen LogP contribution in [0.5, 0.6) is 0 Å². The average molecular weight is 312 g/mol. The lowest BCUT2D eigenvalue weighted by atomic mass is 10.1. The van der Waals surface area contributed by atoms with Gasteiger partial charge in [-0.2, -0.15) is 0 Å². The zero-order valence-corrected chi connectivity index (χ0v) is 11.5. The number of hydrogen-bond donors (Lipinski definition) is 2. The number of benzene rings is 1. The highest BCUT2D eigenvalue weighted by molar-refractivity contribution is 9.10. The van der Waals surface area contributed by atoms with Gasteiger partial charge >= 0.3 is 5.97 Å². The topological polar surface area (TPSA) is 66.4 Å². The maximum absolute atomic E-state index is 12.0. The third kappa shape index (κ3) is 2.90. The summed E-state index contributed by atoms with van der Waals surface area (Å²) in [6.07, 6.45) is 2.16. The van der Waals surface area contributed by atoms with Gasteiger partial charge in [-0.3, -0.25) is 4.79 Å². The van der Waals surface area contributed by atoms with Crippen LogP contribution in [0.25, 0.3) is 0 Å². The van der Waals surface area contributed by atoms with Gasteiger partial charge in [-0.15, -0.1) is 0 Å². The summed E-state index contributed by atoms with van der Waals surface area (Å²) in [5.74, 6) is -0.772. The predicted octanol–water partition coefficient (Wildman–Crippen LogP) is 3.13. The minimum atomic E-state index is -1.04. The van der Waals surface area contributed by atoms with E-state index in [0.717, 1.165) is 17.3 Å². The lowest BCUT2D eigenvalue weighted by Crippen LogP contribution is -2.23. The SMILES string of the molecule is CC(C(=O)Nc1cc(Br)ccc1C(=O)O)C1CC1. The minimum Gasteiger partial charge on any atom is -0.478 e. The van der Waals surface area contributed by atoms with Crippen molar-refractivity contribution in [3.05, 3.63) is 28.2 Å². The Morgan fingerprint density at radius 3 is 2.67 bits per heavy atom. The monoisotopic (exact) mass is 311 g/mol. The quantitative estimate of drug-likeness (QED) is 0.897. The van der Waals surface area contributed by atoms with E-state index in [1.54, 1.807) is 12.1 Å². The van der Waals surface area contributed by atoms with Gasteiger partial charge in [0, 0.05) is 10.4 Å². The molecule has 1 aliphatic carbocycles. The number of aromatic carboxylic acids is 1. The Morgan fingerprint density at radius 1 is 1.44 bits per heavy atom. The number of carboxylic acid groups (broad SMARTS) is 1. The lowest BCUT2D eigenvalue weighted by Gasteiger charge is -2.13. The Kier molecular flexibility index (Phi) is 3.71. The van der Waals surface area contributed by atoms with Crippen molar-refractivity contribution in [2.45, 2.75) is 19.8 Å². The first-order valence-corrected chi connectivity index (χ1v) is 6.62. The van der Waals surface area contributed by atoms with Gasteiger partial charge in [-0.25, -0.2) is 4.79 Å². The Labute approximate surface area is 114 Å². The van der Waals surface area contributed by atoms with Gasteiger partial charge in [0.25, 0.3) is 0 Å². The molecule has 0 aromatic heterocycles. The second kappa shape index (κ2) is 5.10. The van der Waals surface area contributed by atoms with Gasteiger partial charge in [0.1, 0.15) is 0 Å². The van der Waals surface area contributed by atoms with Crippen LogP contribution in [0, 0.1) is 11.8 Å². The average Bonchev–Trinajstić information content (AvgIpc) is 3.11. The molecule has 0 radical (unpaired) electrons. The number of carbonyl (C=O) groups is 2. The molecule has 4 nitrogen and oxygen atoms in total. The summed E-state index contributed by atoms with van der Waals surface area (Å²) in [6.45, 7) is 1.88. The van der Waals surface area contributed by atoms with Crippen LogP contribution < -0.4 is 5.32 Å². The second-order valence-electron chi connectivity index (χ2n) is 4.61. The zero-order valence-electron chi connectivity index (χ0n) is 9.94. The molecule has 0 heterocycles. The summed E-state index contributed by atoms with van der Waals surface area (Å²) in [4.78, 5) is 23.0. The molecule has 1 aromatic carbocycles. The standard InChI is InChI=1S/C13H14BrNO3/c1-7(8-2-3-8)12(16)15-11-6-9(14)4-5-10(11)13(17)18/h4-8H,2-3H2,1H3,(H,15,16)(H,17,18). The van der Waals surface area contributed by atoms with Crippen molar-refractivity contribution in [2.24, 2.45) is 11.8 Å². The maximum atomic E-state index is 12.0. The fourth-order valence-electron chi connectivity index (χ4n) is 1.86. The first-order valence-electron chi connectivity index (χ1n) is 5.82. The molecule has 1 saturated carbocycles. The van der Waals surface area contributed by atoms with Gasteiger partial charge in [0.2, 0.25) is 5.91 Å². The van der Waals surface area contributed by atoms with Gasteiger partial charge in [0.15, 0.2) is 0 Å². The molecule has 96 valence electrons. The van der Waals surface area contributed by atoms with Gasteiger partial charge in [0.05, 0.1) is 11.3 Å². The van der Waals surface area contributed by atoms with E-state index < -0.39 is 5.97 Å². The molecule has 1 unspecified atom stereocenters. The second-order valence-corrected chi connectivity index (χ2v) is 5.53. The van der Waals surface area contributed by atoms with E-state index >= 15 is 0 Å². The Hall–Kier alpha value is -1.36. The van der Waals surface area contributed by atoms with Crippen LogP contribution in [0.1, 0.15) is 30.1 Å². The largest absolute Gasteiger partial charge is 0.478 e. The van der Waals surface area contributed by atoms with Crippen molar-refractivity contribution in [3.8, 4) is 0 Å². The summed E-state index contributed by atoms with van der Waals surface area (Å²) in [7, 11) is 0. The first-order chi connectivity index (χ1) is 8.49. The molecule has 5 heteroatoms. The van der Waals surface area contributed by atoms with E-state index in [1.807, 2.05) is 6.92 Å². The van der Waals surface area contributed by atoms with E-state index in [9.17, 15) is 9.59 Å². The molecular formula is C13H14BrNO3. The van der Waals surface area contributed by atoms with E-state index in [2.05, 4.69) is 21.2 Å². The van der Waals surface area contributed by atoms with Gasteiger partial charge in [-0.05, 0) is 37.0 Å². The zero-order chi connectivity index (χ0) is 13.3. The fraction of sp³-hybridized carbons (Fsp3) is 0.385. The molecule has 18 heavy (non-hydrogen) atoms. The molecule has 1 fully saturated rings. The molecule has 1 atom stereocenters. The number of carbonyl (C=O) groups excluding carboxylic acids is 1. The van der Waals surface area contributed by atoms with Crippen molar-refractivity contribution in [1.82, 2.24) is 0 Å². The highest BCUT2D eigenvalue weighted by Gasteiger charge is 2.32. The molecular weight excluding hydrogens is 298 g/mol. The van der Waals surface area contributed by atoms with Crippen LogP contribution in [0.15, 0.2) is 22.7 Å². The Bertz CT molecular complexity index is 497. The van der Waals surface area contributed by atoms with E-state index in [4.69, 9.17) is 5.11 Å². The summed E-state index contributed by atoms with van der Waals surface area (Å²) < 4.78 is 0.738. The number of hydrogen-bond acceptors (Lipinski definition) is 2. The fourth-order valence-corrected chi connectivity index (χ4v) is 2.22. The van der Waals surface area contributed by atoms with E-state index in [0.29, 0.717) is 11.6 Å². The van der Waals surface area contributed by atoms with Crippen LogP contribution >= 0.6 is 15.9 Å². The molecule has 1 amide bonds. The summed E-state index contributed by atoms with van der Waals surface area (Å²) in [5, 5.41) is 11.8. The van der Waals surface area contributed by atoms with Gasteiger partial charge in [-0.1, -0.05) is 22.9 Å². The number of carboxylic acids is 1. The molecule has 1 aliphatic rings. The summed E-state index contributed by atoms with van der Waals surface area (Å²) in [5.41, 5.74) is 0.448. The van der Waals surface area contributed by atoms with Gasteiger partial charge < -0.3 is 10.4 Å². The highest BCUT2D eigenvalue weighted by atomic mass is 79.9. The van der Waals surface area contributed by atoms with Crippen molar-refractivity contribution < 1.29 is 14.7 Å². The van der Waals surface area contributed by atoms with Crippen LogP contribution in [0.4, 0.5) is 5.69 Å². The van der Waals surface area contributed by atoms with Crippen LogP contribution in [-0.2, 0) is 4.79 Å². The van der Waals surface area contributed by atoms with Crippen molar-refractivity contribution in [1.29, 1.82) is 0 Å². The number of nitrogens with one attached hydrogen (secondary N) is 1. The number of rotatable bonds is 4. The minimum absolute atomic E-state index is 0.0642. The number of halogens is 1. The van der Waals surface area contributed by atoms with Crippen molar-refractivity contribution in [2.75, 3.05) is 5.32 Å². The van der Waals surface area contributed by atoms with Crippen LogP contribution in [0.3, 0.4) is 0 Å². The molecule has 0 bridgehead atoms. The normalized spacial score (nSPS) is 16.1. The Balaban J connectivity index is 2.18. The number of anilines is 1. The number of amides is 1. The highest BCUT2D eigenvalue weighted by Crippen LogP contribution is 2.37. The molecule has 2 N–H and O–H groups in total. The van der Waals surface area contributed by atoms with Crippen molar-refractivity contribution in [3.63, 3.8) is 0 Å². The van der Waals surface area contributed by atoms with Crippen molar-refractivity contribution >= 4 is 33.5 Å². The first kappa shape index (κ1) is 13.1. The smallest absolute Gasteiger partial charge is 0.337 e. The molecule has 2 rings (SSSR count). The maximum Gasteiger partial charge on any atom is 0.337 e. The van der Waals surface area contributed by atoms with E-state index in [-0.39, 0.29) is 17.4 Å². The third-order valence-corrected chi connectivity index (χ3v) is 3.71. The summed E-state index contributed by atoms with van der Waals surface area (Å²) in [6, 6.07) is 4.73. The summed E-state index contributed by atoms with van der Waals surface area (Å²) >= 11 is 3.27. The third-order valence-electron chi connectivity index (χ3n) is 3.21. The van der Waals surface area contributed by atoms with E-state index in [1.165, 1.54) is 6.07 Å². The van der Waals surface area contributed by atoms with Crippen LogP contribution in [-0.4, -0.2) is 17.0 Å². The molecule has 1 aromatic rings. The predicted molar refractivity (Wildman–Crippen MR) is 71.6 cm³/mol. The molecule has 0 aliphatic heterocycles. The molecule has 0 spiro atoms.